The fourth-order valence-electron chi connectivity index (χ4n) is 3.74. The first-order valence-electron chi connectivity index (χ1n) is 11.4. The summed E-state index contributed by atoms with van der Waals surface area (Å²) in [6.45, 7) is 7.29. The smallest absolute Gasteiger partial charge is 0.416 e. The zero-order chi connectivity index (χ0) is 26.0. The van der Waals surface area contributed by atoms with E-state index in [1.165, 1.54) is 6.07 Å². The minimum atomic E-state index is -4.54. The van der Waals surface area contributed by atoms with E-state index in [2.05, 4.69) is 19.8 Å². The maximum absolute atomic E-state index is 12.9. The van der Waals surface area contributed by atoms with Crippen LogP contribution in [0.25, 0.3) is 11.3 Å². The Morgan fingerprint density at radius 3 is 2.63 bits per heavy atom. The number of halogens is 3. The molecule has 0 radical (unpaired) electrons. The molecule has 0 saturated carbocycles. The molecule has 1 aliphatic rings. The summed E-state index contributed by atoms with van der Waals surface area (Å²) >= 11 is 1.59. The van der Waals surface area contributed by atoms with E-state index >= 15 is 0 Å². The number of carbonyl (C=O) groups excluding carboxylic acids is 1. The molecule has 3 rings (SSSR count). The van der Waals surface area contributed by atoms with Crippen LogP contribution in [0.15, 0.2) is 23.2 Å². The molecule has 3 N–H and O–H groups in total. The molecule has 1 saturated heterocycles. The van der Waals surface area contributed by atoms with E-state index in [0.717, 1.165) is 57.0 Å². The first kappa shape index (κ1) is 29.0. The predicted octanol–water partition coefficient (Wildman–Crippen LogP) is 4.43. The lowest BCUT2D eigenvalue weighted by Gasteiger charge is -2.32. The molecule has 0 aliphatic carbocycles. The van der Waals surface area contributed by atoms with Gasteiger partial charge in [0.2, 0.25) is 0 Å². The maximum Gasteiger partial charge on any atom is 0.416 e. The Kier molecular flexibility index (Phi) is 11.4. The van der Waals surface area contributed by atoms with Gasteiger partial charge in [-0.3, -0.25) is 0 Å². The first-order valence-corrected chi connectivity index (χ1v) is 12.3. The number of carbonyl (C=O) groups is 1. The number of benzene rings is 1. The summed E-state index contributed by atoms with van der Waals surface area (Å²) in [4.78, 5) is 12.9. The summed E-state index contributed by atoms with van der Waals surface area (Å²) in [6.07, 6.45) is -1.07. The molecular formula is C24H33F3N4O3S. The fourth-order valence-corrected chi connectivity index (χ4v) is 5.09. The number of aromatic hydroxyl groups is 1. The van der Waals surface area contributed by atoms with Gasteiger partial charge in [-0.1, -0.05) is 11.8 Å². The van der Waals surface area contributed by atoms with Crippen molar-refractivity contribution in [3.63, 3.8) is 0 Å². The number of hydrogen-bond acceptors (Lipinski definition) is 8. The van der Waals surface area contributed by atoms with Gasteiger partial charge in [0.05, 0.1) is 11.3 Å². The van der Waals surface area contributed by atoms with Crippen molar-refractivity contribution < 1.29 is 27.8 Å². The molecule has 194 valence electrons. The van der Waals surface area contributed by atoms with Gasteiger partial charge in [0, 0.05) is 56.1 Å². The number of ether oxygens (including phenoxy) is 1. The highest BCUT2D eigenvalue weighted by Crippen LogP contribution is 2.39. The normalized spacial score (nSPS) is 16.5. The number of likely N-dealkylation sites (tertiary alicyclic amines) is 1. The van der Waals surface area contributed by atoms with Gasteiger partial charge in [-0.15, -0.1) is 10.2 Å². The standard InChI is InChI=1S/C21H25F3N4O2S.C3H8O/c1-13-17(11-25)20(31-15-4-2-7-28(12-15)8-3-9-29)27-26-19(13)16-6-5-14(10-18(16)30)21(22,23)24;1-3-4-2/h5-6,9-10,15,30H,2-4,7-8,11-12,25H2,1H3;3H2,1-2H3. The molecule has 1 fully saturated rings. The molecule has 1 unspecified atom stereocenters. The number of nitrogens with zero attached hydrogens (tertiary/aromatic N) is 3. The van der Waals surface area contributed by atoms with E-state index in [4.69, 9.17) is 5.73 Å². The highest BCUT2D eigenvalue weighted by Gasteiger charge is 2.31. The lowest BCUT2D eigenvalue weighted by atomic mass is 10.0. The number of aldehydes is 1. The highest BCUT2D eigenvalue weighted by atomic mass is 32.2. The molecule has 1 aliphatic heterocycles. The lowest BCUT2D eigenvalue weighted by molar-refractivity contribution is -0.137. The van der Waals surface area contributed by atoms with E-state index in [1.54, 1.807) is 25.8 Å². The van der Waals surface area contributed by atoms with E-state index < -0.39 is 17.5 Å². The van der Waals surface area contributed by atoms with Crippen LogP contribution in [-0.4, -0.2) is 65.1 Å². The molecule has 1 aromatic carbocycles. The van der Waals surface area contributed by atoms with Crippen LogP contribution in [0.1, 0.15) is 42.9 Å². The van der Waals surface area contributed by atoms with Gasteiger partial charge in [-0.05, 0) is 57.0 Å². The minimum Gasteiger partial charge on any atom is -0.507 e. The Hall–Kier alpha value is -2.21. The summed E-state index contributed by atoms with van der Waals surface area (Å²) in [5.74, 6) is -0.506. The van der Waals surface area contributed by atoms with E-state index in [9.17, 15) is 23.1 Å². The molecule has 0 bridgehead atoms. The Balaban J connectivity index is 0.00000100. The zero-order valence-electron chi connectivity index (χ0n) is 20.3. The van der Waals surface area contributed by atoms with Crippen LogP contribution in [0.2, 0.25) is 0 Å². The summed E-state index contributed by atoms with van der Waals surface area (Å²) in [5.41, 5.74) is 6.99. The number of phenols is 1. The zero-order valence-corrected chi connectivity index (χ0v) is 21.1. The summed E-state index contributed by atoms with van der Waals surface area (Å²) in [7, 11) is 1.68. The van der Waals surface area contributed by atoms with Gasteiger partial charge in [0.1, 0.15) is 17.1 Å². The summed E-state index contributed by atoms with van der Waals surface area (Å²) in [5, 5.41) is 19.7. The van der Waals surface area contributed by atoms with Gasteiger partial charge in [0.25, 0.3) is 0 Å². The van der Waals surface area contributed by atoms with Crippen LogP contribution in [0.4, 0.5) is 13.2 Å². The number of alkyl halides is 3. The van der Waals surface area contributed by atoms with Gasteiger partial charge in [0.15, 0.2) is 0 Å². The van der Waals surface area contributed by atoms with Gasteiger partial charge < -0.3 is 25.3 Å². The van der Waals surface area contributed by atoms with Crippen molar-refractivity contribution in [2.24, 2.45) is 5.73 Å². The largest absolute Gasteiger partial charge is 0.507 e. The molecule has 1 aromatic heterocycles. The average Bonchev–Trinajstić information content (AvgIpc) is 2.83. The van der Waals surface area contributed by atoms with Gasteiger partial charge >= 0.3 is 6.18 Å². The van der Waals surface area contributed by atoms with Crippen molar-refractivity contribution in [2.75, 3.05) is 33.4 Å². The first-order chi connectivity index (χ1) is 16.7. The number of rotatable bonds is 8. The van der Waals surface area contributed by atoms with E-state index in [0.29, 0.717) is 28.8 Å². The molecular weight excluding hydrogens is 481 g/mol. The third-order valence-corrected chi connectivity index (χ3v) is 6.95. The van der Waals surface area contributed by atoms with Crippen LogP contribution in [-0.2, 0) is 22.3 Å². The second-order valence-electron chi connectivity index (χ2n) is 8.11. The fraction of sp³-hybridized carbons (Fsp3) is 0.542. The van der Waals surface area contributed by atoms with Crippen molar-refractivity contribution in [3.05, 3.63) is 34.9 Å². The molecule has 0 spiro atoms. The highest BCUT2D eigenvalue weighted by molar-refractivity contribution is 7.99. The quantitative estimate of drug-likeness (QED) is 0.499. The van der Waals surface area contributed by atoms with Crippen molar-refractivity contribution in [1.29, 1.82) is 0 Å². The van der Waals surface area contributed by atoms with E-state index in [-0.39, 0.29) is 17.4 Å². The van der Waals surface area contributed by atoms with Crippen molar-refractivity contribution in [2.45, 2.75) is 56.1 Å². The third kappa shape index (κ3) is 8.16. The number of hydrogen-bond donors (Lipinski definition) is 2. The monoisotopic (exact) mass is 514 g/mol. The second-order valence-corrected chi connectivity index (χ2v) is 9.40. The third-order valence-electron chi connectivity index (χ3n) is 5.68. The van der Waals surface area contributed by atoms with Crippen molar-refractivity contribution >= 4 is 18.0 Å². The molecule has 1 atom stereocenters. The van der Waals surface area contributed by atoms with Crippen molar-refractivity contribution in [1.82, 2.24) is 15.1 Å². The SMILES string of the molecule is CCOC.Cc1c(-c2ccc(C(F)(F)F)cc2O)nnc(SC2CCCN(CCC=O)C2)c1CN. The number of phenolic OH excluding ortho intramolecular Hbond substituents is 1. The molecule has 7 nitrogen and oxygen atoms in total. The van der Waals surface area contributed by atoms with Crippen LogP contribution in [0.5, 0.6) is 5.75 Å². The molecule has 35 heavy (non-hydrogen) atoms. The molecule has 2 aromatic rings. The summed E-state index contributed by atoms with van der Waals surface area (Å²) in [6, 6.07) is 2.81. The van der Waals surface area contributed by atoms with Crippen LogP contribution >= 0.6 is 11.8 Å². The van der Waals surface area contributed by atoms with Crippen LogP contribution in [0, 0.1) is 6.92 Å². The Bertz CT molecular complexity index is 974. The van der Waals surface area contributed by atoms with Gasteiger partial charge in [-0.25, -0.2) is 0 Å². The van der Waals surface area contributed by atoms with Crippen molar-refractivity contribution in [3.8, 4) is 17.0 Å². The Morgan fingerprint density at radius 2 is 2.06 bits per heavy atom. The molecule has 0 amide bonds. The minimum absolute atomic E-state index is 0.182. The van der Waals surface area contributed by atoms with Crippen LogP contribution in [0.3, 0.4) is 0 Å². The molecule has 11 heteroatoms. The second kappa shape index (κ2) is 13.8. The van der Waals surface area contributed by atoms with Crippen LogP contribution < -0.4 is 5.73 Å². The number of nitrogens with two attached hydrogens (primary N) is 1. The number of methoxy groups -OCH3 is 1. The van der Waals surface area contributed by atoms with E-state index in [1.807, 2.05) is 6.92 Å². The maximum atomic E-state index is 12.9. The number of piperidine rings is 1. The summed E-state index contributed by atoms with van der Waals surface area (Å²) < 4.78 is 43.2. The Morgan fingerprint density at radius 1 is 1.34 bits per heavy atom. The molecule has 2 heterocycles. The van der Waals surface area contributed by atoms with Gasteiger partial charge in [-0.2, -0.15) is 13.2 Å². The lowest BCUT2D eigenvalue weighted by Crippen LogP contribution is -2.37. The topological polar surface area (TPSA) is 102 Å². The Labute approximate surface area is 208 Å². The number of thioether (sulfide) groups is 1. The average molecular weight is 515 g/mol. The predicted molar refractivity (Wildman–Crippen MR) is 130 cm³/mol. The number of aromatic nitrogens is 2.